The molecule has 0 unspecified atom stereocenters. The van der Waals surface area contributed by atoms with E-state index in [9.17, 15) is 4.79 Å². The van der Waals surface area contributed by atoms with Crippen molar-refractivity contribution in [1.82, 2.24) is 0 Å². The first-order chi connectivity index (χ1) is 13.9. The van der Waals surface area contributed by atoms with Crippen molar-refractivity contribution >= 4 is 5.78 Å². The number of ketones is 1. The van der Waals surface area contributed by atoms with E-state index in [-0.39, 0.29) is 11.9 Å². The van der Waals surface area contributed by atoms with Gasteiger partial charge in [0.2, 0.25) is 0 Å². The summed E-state index contributed by atoms with van der Waals surface area (Å²) < 4.78 is 23.3. The summed E-state index contributed by atoms with van der Waals surface area (Å²) in [5.74, 6) is 2.44. The molecule has 2 heterocycles. The summed E-state index contributed by atoms with van der Waals surface area (Å²) in [6.45, 7) is 6.38. The Balaban J connectivity index is 1.82. The molecule has 2 atom stereocenters. The van der Waals surface area contributed by atoms with E-state index in [0.717, 1.165) is 33.9 Å². The number of ether oxygens (including phenoxy) is 4. The van der Waals surface area contributed by atoms with Crippen LogP contribution in [0.5, 0.6) is 23.0 Å². The van der Waals surface area contributed by atoms with Crippen molar-refractivity contribution < 1.29 is 23.7 Å². The Labute approximate surface area is 171 Å². The SMILES string of the molecule is COc1cc2c(cc1C)OC[C@H]1Oc3c(ccc(OC)c3CC=C(C)C)C(=O)[C@@H]21. The Hall–Kier alpha value is -2.95. The molecule has 0 bridgehead atoms. The molecule has 0 saturated heterocycles. The summed E-state index contributed by atoms with van der Waals surface area (Å²) >= 11 is 0. The van der Waals surface area contributed by atoms with Crippen LogP contribution in [0.2, 0.25) is 0 Å². The fourth-order valence-electron chi connectivity index (χ4n) is 4.09. The van der Waals surface area contributed by atoms with Gasteiger partial charge in [-0.3, -0.25) is 4.79 Å². The van der Waals surface area contributed by atoms with Crippen molar-refractivity contribution in [2.24, 2.45) is 0 Å². The van der Waals surface area contributed by atoms with Gasteiger partial charge < -0.3 is 18.9 Å². The molecular weight excluding hydrogens is 368 g/mol. The fraction of sp³-hybridized carbons (Fsp3) is 0.375. The van der Waals surface area contributed by atoms with Gasteiger partial charge in [-0.25, -0.2) is 0 Å². The number of carbonyl (C=O) groups excluding carboxylic acids is 1. The second kappa shape index (κ2) is 7.47. The summed E-state index contributed by atoms with van der Waals surface area (Å²) in [6.07, 6.45) is 2.37. The normalized spacial score (nSPS) is 19.1. The molecule has 0 fully saturated rings. The maximum absolute atomic E-state index is 13.6. The van der Waals surface area contributed by atoms with E-state index in [2.05, 4.69) is 6.08 Å². The zero-order chi connectivity index (χ0) is 20.7. The number of allylic oxidation sites excluding steroid dienone is 2. The van der Waals surface area contributed by atoms with Crippen LogP contribution in [0.4, 0.5) is 0 Å². The smallest absolute Gasteiger partial charge is 0.178 e. The third kappa shape index (κ3) is 3.24. The molecule has 0 amide bonds. The molecule has 29 heavy (non-hydrogen) atoms. The molecule has 0 N–H and O–H groups in total. The Bertz CT molecular complexity index is 1000. The molecule has 2 aromatic carbocycles. The number of benzene rings is 2. The highest BCUT2D eigenvalue weighted by Crippen LogP contribution is 2.47. The second-order valence-corrected chi connectivity index (χ2v) is 7.78. The molecule has 152 valence electrons. The monoisotopic (exact) mass is 394 g/mol. The molecule has 4 rings (SSSR count). The minimum absolute atomic E-state index is 0.0489. The molecule has 0 spiro atoms. The molecule has 2 aliphatic heterocycles. The van der Waals surface area contributed by atoms with Gasteiger partial charge in [-0.1, -0.05) is 11.6 Å². The first kappa shape index (κ1) is 19.4. The van der Waals surface area contributed by atoms with E-state index in [0.29, 0.717) is 24.3 Å². The van der Waals surface area contributed by atoms with Crippen LogP contribution >= 0.6 is 0 Å². The highest BCUT2D eigenvalue weighted by molar-refractivity contribution is 6.05. The lowest BCUT2D eigenvalue weighted by Crippen LogP contribution is -2.43. The van der Waals surface area contributed by atoms with Crippen LogP contribution in [0.25, 0.3) is 0 Å². The molecule has 0 aliphatic carbocycles. The van der Waals surface area contributed by atoms with E-state index >= 15 is 0 Å². The lowest BCUT2D eigenvalue weighted by molar-refractivity contribution is 0.0554. The zero-order valence-corrected chi connectivity index (χ0v) is 17.5. The van der Waals surface area contributed by atoms with Crippen LogP contribution in [0.3, 0.4) is 0 Å². The molecule has 0 aromatic heterocycles. The van der Waals surface area contributed by atoms with Crippen molar-refractivity contribution in [2.75, 3.05) is 20.8 Å². The van der Waals surface area contributed by atoms with E-state index in [1.165, 1.54) is 5.57 Å². The predicted molar refractivity (Wildman–Crippen MR) is 111 cm³/mol. The third-order valence-corrected chi connectivity index (χ3v) is 5.61. The largest absolute Gasteiger partial charge is 0.496 e. The van der Waals surface area contributed by atoms with Gasteiger partial charge in [0.15, 0.2) is 5.78 Å². The van der Waals surface area contributed by atoms with Crippen molar-refractivity contribution in [1.29, 1.82) is 0 Å². The van der Waals surface area contributed by atoms with Gasteiger partial charge >= 0.3 is 0 Å². The standard InChI is InChI=1S/C24H26O5/c1-13(2)6-7-15-18(26-4)9-8-16-23(25)22-17-11-19(27-5)14(3)10-20(17)28-12-21(22)29-24(15)16/h6,8-11,21-22H,7,12H2,1-5H3/t21-,22+/m1/s1. The second-order valence-electron chi connectivity index (χ2n) is 7.78. The number of carbonyl (C=O) groups is 1. The van der Waals surface area contributed by atoms with Gasteiger partial charge in [0.05, 0.1) is 25.7 Å². The quantitative estimate of drug-likeness (QED) is 0.707. The first-order valence-corrected chi connectivity index (χ1v) is 9.80. The zero-order valence-electron chi connectivity index (χ0n) is 17.5. The lowest BCUT2D eigenvalue weighted by atomic mass is 9.81. The molecule has 0 saturated carbocycles. The maximum Gasteiger partial charge on any atom is 0.178 e. The molecule has 2 aliphatic rings. The van der Waals surface area contributed by atoms with Gasteiger partial charge in [-0.2, -0.15) is 0 Å². The molecule has 5 nitrogen and oxygen atoms in total. The summed E-state index contributed by atoms with van der Waals surface area (Å²) in [5, 5.41) is 0. The van der Waals surface area contributed by atoms with Crippen LogP contribution < -0.4 is 18.9 Å². The fourth-order valence-corrected chi connectivity index (χ4v) is 4.09. The van der Waals surface area contributed by atoms with Crippen LogP contribution in [0.15, 0.2) is 35.9 Å². The van der Waals surface area contributed by atoms with Crippen LogP contribution in [0, 0.1) is 6.92 Å². The van der Waals surface area contributed by atoms with Gasteiger partial charge in [0.25, 0.3) is 0 Å². The average molecular weight is 394 g/mol. The summed E-state index contributed by atoms with van der Waals surface area (Å²) in [5.41, 5.74) is 4.48. The van der Waals surface area contributed by atoms with Crippen molar-refractivity contribution in [3.63, 3.8) is 0 Å². The number of aryl methyl sites for hydroxylation is 1. The molecule has 2 aromatic rings. The lowest BCUT2D eigenvalue weighted by Gasteiger charge is -2.38. The summed E-state index contributed by atoms with van der Waals surface area (Å²) in [7, 11) is 3.27. The van der Waals surface area contributed by atoms with Crippen molar-refractivity contribution in [3.05, 3.63) is 58.2 Å². The van der Waals surface area contributed by atoms with Crippen LogP contribution in [-0.4, -0.2) is 32.7 Å². The minimum atomic E-state index is -0.412. The van der Waals surface area contributed by atoms with Gasteiger partial charge in [-0.05, 0) is 57.0 Å². The number of hydrogen-bond acceptors (Lipinski definition) is 5. The number of rotatable bonds is 4. The molecule has 5 heteroatoms. The molecule has 0 radical (unpaired) electrons. The van der Waals surface area contributed by atoms with Crippen LogP contribution in [0.1, 0.15) is 46.8 Å². The Morgan fingerprint density at radius 3 is 2.62 bits per heavy atom. The number of methoxy groups -OCH3 is 2. The van der Waals surface area contributed by atoms with Gasteiger partial charge in [0.1, 0.15) is 35.7 Å². The highest BCUT2D eigenvalue weighted by Gasteiger charge is 2.44. The number of hydrogen-bond donors (Lipinski definition) is 0. The topological polar surface area (TPSA) is 54.0 Å². The minimum Gasteiger partial charge on any atom is -0.496 e. The Morgan fingerprint density at radius 1 is 1.17 bits per heavy atom. The predicted octanol–water partition coefficient (Wildman–Crippen LogP) is 4.64. The van der Waals surface area contributed by atoms with E-state index in [4.69, 9.17) is 18.9 Å². The van der Waals surface area contributed by atoms with Crippen molar-refractivity contribution in [3.8, 4) is 23.0 Å². The number of fused-ring (bicyclic) bond motifs is 4. The number of Topliss-reactive ketones (excluding diaryl/α,β-unsaturated/α-hetero) is 1. The van der Waals surface area contributed by atoms with Gasteiger partial charge in [-0.15, -0.1) is 0 Å². The highest BCUT2D eigenvalue weighted by atomic mass is 16.5. The third-order valence-electron chi connectivity index (χ3n) is 5.61. The van der Waals surface area contributed by atoms with Crippen molar-refractivity contribution in [2.45, 2.75) is 39.2 Å². The van der Waals surface area contributed by atoms with Gasteiger partial charge in [0, 0.05) is 11.1 Å². The van der Waals surface area contributed by atoms with E-state index in [1.807, 2.05) is 39.0 Å². The summed E-state index contributed by atoms with van der Waals surface area (Å²) in [6, 6.07) is 7.49. The van der Waals surface area contributed by atoms with Crippen LogP contribution in [-0.2, 0) is 6.42 Å². The van der Waals surface area contributed by atoms with E-state index < -0.39 is 5.92 Å². The Kier molecular flexibility index (Phi) is 4.99. The first-order valence-electron chi connectivity index (χ1n) is 9.80. The van der Waals surface area contributed by atoms with E-state index in [1.54, 1.807) is 20.3 Å². The maximum atomic E-state index is 13.6. The summed E-state index contributed by atoms with van der Waals surface area (Å²) in [4.78, 5) is 13.6. The molecular formula is C24H26O5. The Morgan fingerprint density at radius 2 is 1.93 bits per heavy atom. The average Bonchev–Trinajstić information content (AvgIpc) is 2.71.